The standard InChI is InChI=1S/CH3O3S.Li/c1-4-5(2)3;/h1H3;. The molecule has 6 heavy (non-hydrogen) atoms. The van der Waals surface area contributed by atoms with Gasteiger partial charge in [0.25, 0.3) is 0 Å². The normalized spacial score (nSPS) is 11.8. The van der Waals surface area contributed by atoms with Crippen molar-refractivity contribution in [2.75, 3.05) is 7.11 Å². The fourth-order valence-corrected chi connectivity index (χ4v) is 0. The number of hydrogen-bond donors (Lipinski definition) is 0. The molecule has 0 bridgehead atoms. The number of rotatable bonds is 1. The van der Waals surface area contributed by atoms with Crippen molar-refractivity contribution in [3.63, 3.8) is 0 Å². The maximum absolute atomic E-state index is 9.78. The fourth-order valence-electron chi connectivity index (χ4n) is 0. The molecular formula is CH3LiO3S. The molecule has 0 rings (SSSR count). The molecule has 5 heteroatoms. The summed E-state index contributed by atoms with van der Waals surface area (Å²) in [6, 6.07) is 0. The molecule has 0 aliphatic carbocycles. The molecule has 0 aromatic heterocycles. The first-order valence-corrected chi connectivity index (χ1v) is 3.13. The summed E-state index contributed by atoms with van der Waals surface area (Å²) in [5.74, 6) is 0. The molecule has 0 aromatic rings. The Kier molecular flexibility index (Phi) is 2.15. The van der Waals surface area contributed by atoms with Gasteiger partial charge in [-0.3, -0.25) is 0 Å². The van der Waals surface area contributed by atoms with Crippen LogP contribution in [-0.4, -0.2) is 32.0 Å². The Morgan fingerprint density at radius 1 is 1.67 bits per heavy atom. The first-order valence-electron chi connectivity index (χ1n) is 1.32. The Hall–Kier alpha value is 0.507. The predicted octanol–water partition coefficient (Wildman–Crippen LogP) is -0.954. The van der Waals surface area contributed by atoms with Crippen LogP contribution in [0.4, 0.5) is 0 Å². The van der Waals surface area contributed by atoms with Crippen LogP contribution in [0.15, 0.2) is 0 Å². The van der Waals surface area contributed by atoms with E-state index in [0.717, 1.165) is 23.6 Å². The zero-order valence-corrected chi connectivity index (χ0v) is 4.45. The number of hydrogen-bond acceptors (Lipinski definition) is 3. The zero-order valence-electron chi connectivity index (χ0n) is 3.63. The van der Waals surface area contributed by atoms with Crippen LogP contribution in [0.5, 0.6) is 0 Å². The summed E-state index contributed by atoms with van der Waals surface area (Å²) in [5.41, 5.74) is 0. The summed E-state index contributed by atoms with van der Waals surface area (Å²) in [7, 11) is -2.04. The van der Waals surface area contributed by atoms with Crippen molar-refractivity contribution in [2.24, 2.45) is 0 Å². The summed E-state index contributed by atoms with van der Waals surface area (Å²) in [5, 5.41) is 0. The molecule has 3 nitrogen and oxygen atoms in total. The van der Waals surface area contributed by atoms with Crippen molar-refractivity contribution in [3.8, 4) is 0 Å². The Morgan fingerprint density at radius 2 is 1.83 bits per heavy atom. The van der Waals surface area contributed by atoms with E-state index in [1.807, 2.05) is 0 Å². The minimum atomic E-state index is -3.16. The Morgan fingerprint density at radius 3 is 1.83 bits per heavy atom. The second-order valence-electron chi connectivity index (χ2n) is 0.871. The van der Waals surface area contributed by atoms with Gasteiger partial charge in [0.15, 0.2) is 0 Å². The molecular weight excluding hydrogens is 99.0 g/mol. The second-order valence-corrected chi connectivity index (χ2v) is 2.61. The maximum atomic E-state index is 9.78. The van der Waals surface area contributed by atoms with Gasteiger partial charge in [-0.25, -0.2) is 0 Å². The van der Waals surface area contributed by atoms with E-state index in [0.29, 0.717) is 0 Å². The van der Waals surface area contributed by atoms with E-state index in [4.69, 9.17) is 0 Å². The SMILES string of the molecule is [Li][S](=O)(=O)OC. The van der Waals surface area contributed by atoms with E-state index < -0.39 is 8.22 Å². The third kappa shape index (κ3) is 4.51. The van der Waals surface area contributed by atoms with Crippen LogP contribution in [0.1, 0.15) is 0 Å². The van der Waals surface area contributed by atoms with Crippen molar-refractivity contribution in [3.05, 3.63) is 0 Å². The molecule has 0 aliphatic heterocycles. The molecule has 0 amide bonds. The van der Waals surface area contributed by atoms with E-state index in [1.54, 1.807) is 0 Å². The molecule has 0 heterocycles. The first kappa shape index (κ1) is 6.51. The van der Waals surface area contributed by atoms with Crippen LogP contribution in [0.3, 0.4) is 0 Å². The van der Waals surface area contributed by atoms with Gasteiger partial charge in [0, 0.05) is 0 Å². The molecule has 32 valence electrons. The zero-order chi connectivity index (χ0) is 5.21. The van der Waals surface area contributed by atoms with Gasteiger partial charge in [0.05, 0.1) is 0 Å². The van der Waals surface area contributed by atoms with Gasteiger partial charge < -0.3 is 0 Å². The van der Waals surface area contributed by atoms with Crippen molar-refractivity contribution in [1.82, 2.24) is 0 Å². The molecule has 0 unspecified atom stereocenters. The second kappa shape index (κ2) is 1.99. The molecule has 0 fully saturated rings. The van der Waals surface area contributed by atoms with Crippen LogP contribution in [0.25, 0.3) is 0 Å². The van der Waals surface area contributed by atoms with Gasteiger partial charge in [0.1, 0.15) is 0 Å². The van der Waals surface area contributed by atoms with E-state index in [2.05, 4.69) is 4.18 Å². The van der Waals surface area contributed by atoms with Gasteiger partial charge in [-0.05, 0) is 0 Å². The molecule has 0 radical (unpaired) electrons. The minimum absolute atomic E-state index is 0.993. The van der Waals surface area contributed by atoms with Gasteiger partial charge in [-0.15, -0.1) is 0 Å². The van der Waals surface area contributed by atoms with Gasteiger partial charge >= 0.3 is 44.5 Å². The van der Waals surface area contributed by atoms with Crippen molar-refractivity contribution in [1.29, 1.82) is 0 Å². The fraction of sp³-hybridized carbons (Fsp3) is 1.00. The monoisotopic (exact) mass is 102 g/mol. The van der Waals surface area contributed by atoms with E-state index in [-0.39, 0.29) is 0 Å². The Balaban J connectivity index is 3.85. The average molecular weight is 102 g/mol. The third-order valence-corrected chi connectivity index (χ3v) is 0.908. The average Bonchev–Trinajstić information content (AvgIpc) is 1.35. The van der Waals surface area contributed by atoms with E-state index >= 15 is 0 Å². The summed E-state index contributed by atoms with van der Waals surface area (Å²) in [6.07, 6.45) is 0. The van der Waals surface area contributed by atoms with Crippen LogP contribution >= 0.6 is 0 Å². The molecule has 0 saturated heterocycles. The topological polar surface area (TPSA) is 43.4 Å². The molecule has 0 atom stereocenters. The molecule has 0 N–H and O–H groups in total. The van der Waals surface area contributed by atoms with Crippen molar-refractivity contribution < 1.29 is 12.6 Å². The Bertz CT molecular complexity index is 113. The third-order valence-electron chi connectivity index (χ3n) is 0.303. The summed E-state index contributed by atoms with van der Waals surface area (Å²) in [4.78, 5) is 0. The van der Waals surface area contributed by atoms with Gasteiger partial charge in [0.2, 0.25) is 0 Å². The van der Waals surface area contributed by atoms with Crippen molar-refractivity contribution >= 4 is 24.7 Å². The summed E-state index contributed by atoms with van der Waals surface area (Å²) < 4.78 is 23.5. The van der Waals surface area contributed by atoms with E-state index in [1.165, 1.54) is 0 Å². The molecule has 0 spiro atoms. The van der Waals surface area contributed by atoms with Gasteiger partial charge in [-0.1, -0.05) is 0 Å². The van der Waals surface area contributed by atoms with Crippen LogP contribution in [0.2, 0.25) is 0 Å². The van der Waals surface area contributed by atoms with Gasteiger partial charge in [-0.2, -0.15) is 0 Å². The quantitative estimate of drug-likeness (QED) is 0.401. The summed E-state index contributed by atoms with van der Waals surface area (Å²) >= 11 is 0.993. The van der Waals surface area contributed by atoms with Crippen molar-refractivity contribution in [2.45, 2.75) is 0 Å². The van der Waals surface area contributed by atoms with E-state index in [9.17, 15) is 8.42 Å². The summed E-state index contributed by atoms with van der Waals surface area (Å²) in [6.45, 7) is 0. The molecule has 0 aromatic carbocycles. The molecule has 0 aliphatic rings. The first-order chi connectivity index (χ1) is 2.56. The van der Waals surface area contributed by atoms with Crippen LogP contribution in [-0.2, 0) is 12.4 Å². The molecule has 0 saturated carbocycles. The predicted molar refractivity (Wildman–Crippen MR) is 21.7 cm³/mol. The van der Waals surface area contributed by atoms with Crippen LogP contribution in [0, 0.1) is 0 Å². The Labute approximate surface area is 44.9 Å². The van der Waals surface area contributed by atoms with Crippen LogP contribution < -0.4 is 0 Å².